The molecule has 1 aromatic carbocycles. The van der Waals surface area contributed by atoms with Crippen LogP contribution in [0, 0.1) is 6.92 Å². The van der Waals surface area contributed by atoms with Crippen molar-refractivity contribution in [3.05, 3.63) is 57.9 Å². The van der Waals surface area contributed by atoms with E-state index in [4.69, 9.17) is 4.52 Å². The molecular formula is C20H22N2O2. The fourth-order valence-corrected chi connectivity index (χ4v) is 3.82. The predicted octanol–water partition coefficient (Wildman–Crippen LogP) is 4.67. The lowest BCUT2D eigenvalue weighted by Gasteiger charge is -2.31. The number of rotatable bonds is 2. The Morgan fingerprint density at radius 1 is 1.21 bits per heavy atom. The van der Waals surface area contributed by atoms with Crippen LogP contribution >= 0.6 is 0 Å². The zero-order valence-electron chi connectivity index (χ0n) is 14.3. The van der Waals surface area contributed by atoms with E-state index in [-0.39, 0.29) is 11.7 Å². The fourth-order valence-electron chi connectivity index (χ4n) is 3.82. The molecule has 0 saturated heterocycles. The van der Waals surface area contributed by atoms with Gasteiger partial charge in [-0.15, -0.1) is 0 Å². The van der Waals surface area contributed by atoms with Crippen molar-refractivity contribution < 1.29 is 9.32 Å². The smallest absolute Gasteiger partial charge is 0.233 e. The van der Waals surface area contributed by atoms with Gasteiger partial charge in [-0.1, -0.05) is 43.3 Å². The van der Waals surface area contributed by atoms with Crippen LogP contribution in [0.2, 0.25) is 0 Å². The minimum atomic E-state index is -0.0727. The first-order valence-electron chi connectivity index (χ1n) is 8.65. The Morgan fingerprint density at radius 3 is 2.67 bits per heavy atom. The summed E-state index contributed by atoms with van der Waals surface area (Å²) in [5.74, 6) is 1.36. The van der Waals surface area contributed by atoms with E-state index < -0.39 is 0 Å². The molecule has 0 fully saturated rings. The van der Waals surface area contributed by atoms with E-state index in [1.807, 2.05) is 6.92 Å². The lowest BCUT2D eigenvalue weighted by atomic mass is 9.76. The first kappa shape index (κ1) is 15.2. The number of carbonyl (C=O) groups excluding carboxylic acids is 1. The van der Waals surface area contributed by atoms with Gasteiger partial charge in [0.25, 0.3) is 0 Å². The highest BCUT2D eigenvalue weighted by Crippen LogP contribution is 2.46. The lowest BCUT2D eigenvalue weighted by Crippen LogP contribution is -2.26. The molecule has 1 atom stereocenters. The Kier molecular flexibility index (Phi) is 3.56. The van der Waals surface area contributed by atoms with Crippen molar-refractivity contribution in [2.75, 3.05) is 5.32 Å². The fraction of sp³-hybridized carbons (Fsp3) is 0.400. The molecule has 0 saturated carbocycles. The predicted molar refractivity (Wildman–Crippen MR) is 93.1 cm³/mol. The van der Waals surface area contributed by atoms with E-state index in [0.29, 0.717) is 18.2 Å². The molecule has 0 bridgehead atoms. The molecular weight excluding hydrogens is 300 g/mol. The SMILES string of the molecule is Cc1noc2c1C(c1ccc(C(C)C)cc1)C1=C(CCCC1=O)N2. The van der Waals surface area contributed by atoms with E-state index in [0.717, 1.165) is 40.9 Å². The number of hydrogen-bond acceptors (Lipinski definition) is 4. The second kappa shape index (κ2) is 5.62. The summed E-state index contributed by atoms with van der Waals surface area (Å²) in [5.41, 5.74) is 6.20. The Hall–Kier alpha value is -2.36. The molecule has 124 valence electrons. The maximum absolute atomic E-state index is 12.7. The second-order valence-corrected chi connectivity index (χ2v) is 7.06. The second-order valence-electron chi connectivity index (χ2n) is 7.06. The third-order valence-corrected chi connectivity index (χ3v) is 5.14. The molecule has 0 spiro atoms. The molecule has 1 aliphatic carbocycles. The number of anilines is 1. The monoisotopic (exact) mass is 322 g/mol. The van der Waals surface area contributed by atoms with E-state index in [9.17, 15) is 4.79 Å². The molecule has 4 rings (SSSR count). The zero-order valence-corrected chi connectivity index (χ0v) is 14.3. The zero-order chi connectivity index (χ0) is 16.8. The summed E-state index contributed by atoms with van der Waals surface area (Å²) in [6.07, 6.45) is 2.41. The molecule has 24 heavy (non-hydrogen) atoms. The number of fused-ring (bicyclic) bond motifs is 1. The summed E-state index contributed by atoms with van der Waals surface area (Å²) in [7, 11) is 0. The van der Waals surface area contributed by atoms with Crippen LogP contribution in [0.25, 0.3) is 0 Å². The standard InChI is InChI=1S/C20H22N2O2/c1-11(2)13-7-9-14(10-8-13)18-17-12(3)22-24-20(17)21-15-5-4-6-16(23)19(15)18/h7-11,18,21H,4-6H2,1-3H3. The normalized spacial score (nSPS) is 20.0. The van der Waals surface area contributed by atoms with Crippen LogP contribution in [0.4, 0.5) is 5.88 Å². The largest absolute Gasteiger partial charge is 0.338 e. The summed E-state index contributed by atoms with van der Waals surface area (Å²) in [5, 5.41) is 7.44. The first-order valence-corrected chi connectivity index (χ1v) is 8.65. The van der Waals surface area contributed by atoms with Gasteiger partial charge in [-0.25, -0.2) is 0 Å². The number of nitrogens with one attached hydrogen (secondary N) is 1. The van der Waals surface area contributed by atoms with Crippen LogP contribution in [0.3, 0.4) is 0 Å². The van der Waals surface area contributed by atoms with E-state index in [2.05, 4.69) is 48.6 Å². The molecule has 4 heteroatoms. The Labute approximate surface area is 141 Å². The summed E-state index contributed by atoms with van der Waals surface area (Å²) in [6, 6.07) is 8.62. The lowest BCUT2D eigenvalue weighted by molar-refractivity contribution is -0.116. The topological polar surface area (TPSA) is 55.1 Å². The maximum Gasteiger partial charge on any atom is 0.233 e. The van der Waals surface area contributed by atoms with Crippen LogP contribution < -0.4 is 5.32 Å². The Bertz CT molecular complexity index is 828. The third kappa shape index (κ3) is 2.29. The van der Waals surface area contributed by atoms with Crippen molar-refractivity contribution in [3.8, 4) is 0 Å². The molecule has 2 aliphatic rings. The Balaban J connectivity index is 1.87. The molecule has 2 heterocycles. The molecule has 1 aliphatic heterocycles. The molecule has 4 nitrogen and oxygen atoms in total. The van der Waals surface area contributed by atoms with Crippen molar-refractivity contribution in [1.29, 1.82) is 0 Å². The van der Waals surface area contributed by atoms with E-state index in [1.165, 1.54) is 5.56 Å². The van der Waals surface area contributed by atoms with E-state index in [1.54, 1.807) is 0 Å². The number of carbonyl (C=O) groups is 1. The van der Waals surface area contributed by atoms with Crippen molar-refractivity contribution in [2.24, 2.45) is 0 Å². The van der Waals surface area contributed by atoms with Crippen molar-refractivity contribution in [3.63, 3.8) is 0 Å². The number of Topliss-reactive ketones (excluding diaryl/α,β-unsaturated/α-hetero) is 1. The van der Waals surface area contributed by atoms with Gasteiger partial charge in [0.2, 0.25) is 5.88 Å². The molecule has 0 amide bonds. The molecule has 2 aromatic rings. The van der Waals surface area contributed by atoms with Gasteiger partial charge in [0.05, 0.1) is 11.3 Å². The molecule has 1 aromatic heterocycles. The first-order chi connectivity index (χ1) is 11.6. The minimum Gasteiger partial charge on any atom is -0.338 e. The molecule has 1 unspecified atom stereocenters. The van der Waals surface area contributed by atoms with Gasteiger partial charge in [-0.3, -0.25) is 4.79 Å². The van der Waals surface area contributed by atoms with Gasteiger partial charge < -0.3 is 9.84 Å². The van der Waals surface area contributed by atoms with Crippen LogP contribution in [0.15, 0.2) is 40.1 Å². The number of nitrogens with zero attached hydrogens (tertiary/aromatic N) is 1. The number of allylic oxidation sites excluding steroid dienone is 2. The van der Waals surface area contributed by atoms with Gasteiger partial charge in [0.15, 0.2) is 5.78 Å². The number of aromatic nitrogens is 1. The maximum atomic E-state index is 12.7. The number of hydrogen-bond donors (Lipinski definition) is 1. The van der Waals surface area contributed by atoms with Crippen LogP contribution in [-0.4, -0.2) is 10.9 Å². The highest BCUT2D eigenvalue weighted by Gasteiger charge is 2.38. The van der Waals surface area contributed by atoms with Gasteiger partial charge in [-0.2, -0.15) is 0 Å². The Morgan fingerprint density at radius 2 is 1.96 bits per heavy atom. The van der Waals surface area contributed by atoms with Crippen LogP contribution in [0.5, 0.6) is 0 Å². The molecule has 0 radical (unpaired) electrons. The van der Waals surface area contributed by atoms with Gasteiger partial charge in [0, 0.05) is 23.6 Å². The summed E-state index contributed by atoms with van der Waals surface area (Å²) >= 11 is 0. The summed E-state index contributed by atoms with van der Waals surface area (Å²) in [6.45, 7) is 6.32. The van der Waals surface area contributed by atoms with Gasteiger partial charge in [0.1, 0.15) is 0 Å². The van der Waals surface area contributed by atoms with E-state index >= 15 is 0 Å². The molecule has 1 N–H and O–H groups in total. The van der Waals surface area contributed by atoms with Gasteiger partial charge >= 0.3 is 0 Å². The average Bonchev–Trinajstić information content (AvgIpc) is 2.94. The third-order valence-electron chi connectivity index (χ3n) is 5.14. The number of aryl methyl sites for hydroxylation is 1. The van der Waals surface area contributed by atoms with Crippen molar-refractivity contribution in [2.45, 2.75) is 51.9 Å². The summed E-state index contributed by atoms with van der Waals surface area (Å²) < 4.78 is 5.48. The average molecular weight is 322 g/mol. The van der Waals surface area contributed by atoms with Crippen molar-refractivity contribution >= 4 is 11.7 Å². The van der Waals surface area contributed by atoms with Gasteiger partial charge in [-0.05, 0) is 36.8 Å². The number of benzene rings is 1. The highest BCUT2D eigenvalue weighted by atomic mass is 16.5. The quantitative estimate of drug-likeness (QED) is 0.873. The van der Waals surface area contributed by atoms with Crippen molar-refractivity contribution in [1.82, 2.24) is 5.16 Å². The highest BCUT2D eigenvalue weighted by molar-refractivity contribution is 6.00. The minimum absolute atomic E-state index is 0.0727. The van der Waals surface area contributed by atoms with Crippen LogP contribution in [0.1, 0.15) is 67.3 Å². The number of ketones is 1. The summed E-state index contributed by atoms with van der Waals surface area (Å²) in [4.78, 5) is 12.7. The van der Waals surface area contributed by atoms with Crippen LogP contribution in [-0.2, 0) is 4.79 Å².